The fourth-order valence-corrected chi connectivity index (χ4v) is 4.18. The third-order valence-corrected chi connectivity index (χ3v) is 5.49. The lowest BCUT2D eigenvalue weighted by Crippen LogP contribution is -2.47. The average molecular weight is 280 g/mol. The second kappa shape index (κ2) is 7.44. The van der Waals surface area contributed by atoms with Crippen LogP contribution in [0.3, 0.4) is 0 Å². The molecule has 0 spiro atoms. The van der Waals surface area contributed by atoms with Crippen LogP contribution in [0.5, 0.6) is 0 Å². The molecule has 2 aliphatic rings. The monoisotopic (exact) mass is 280 g/mol. The Morgan fingerprint density at radius 2 is 1.90 bits per heavy atom. The van der Waals surface area contributed by atoms with Gasteiger partial charge in [-0.1, -0.05) is 33.1 Å². The molecule has 0 saturated heterocycles. The minimum Gasteiger partial charge on any atom is -0.353 e. The molecule has 3 heteroatoms. The number of nitrogens with one attached hydrogen (secondary N) is 1. The first-order valence-electron chi connectivity index (χ1n) is 8.62. The van der Waals surface area contributed by atoms with Crippen LogP contribution in [-0.4, -0.2) is 18.5 Å². The van der Waals surface area contributed by atoms with Crippen LogP contribution >= 0.6 is 0 Å². The van der Waals surface area contributed by atoms with E-state index in [4.69, 9.17) is 5.73 Å². The van der Waals surface area contributed by atoms with Crippen LogP contribution in [0.4, 0.5) is 0 Å². The fourth-order valence-electron chi connectivity index (χ4n) is 4.18. The molecular weight excluding hydrogens is 248 g/mol. The summed E-state index contributed by atoms with van der Waals surface area (Å²) in [6.07, 6.45) is 9.47. The van der Waals surface area contributed by atoms with Gasteiger partial charge in [0.05, 0.1) is 0 Å². The molecule has 2 fully saturated rings. The third kappa shape index (κ3) is 3.97. The van der Waals surface area contributed by atoms with Crippen molar-refractivity contribution in [3.8, 4) is 0 Å². The van der Waals surface area contributed by atoms with Crippen LogP contribution in [0.1, 0.15) is 65.2 Å². The van der Waals surface area contributed by atoms with Gasteiger partial charge in [-0.3, -0.25) is 4.79 Å². The van der Waals surface area contributed by atoms with Gasteiger partial charge in [0.2, 0.25) is 5.91 Å². The van der Waals surface area contributed by atoms with E-state index >= 15 is 0 Å². The van der Waals surface area contributed by atoms with Gasteiger partial charge in [0.1, 0.15) is 0 Å². The Bertz CT molecular complexity index is 316. The highest BCUT2D eigenvalue weighted by molar-refractivity contribution is 5.79. The van der Waals surface area contributed by atoms with Gasteiger partial charge in [0.25, 0.3) is 0 Å². The molecule has 3 N–H and O–H groups in total. The highest BCUT2D eigenvalue weighted by Gasteiger charge is 2.32. The van der Waals surface area contributed by atoms with Crippen LogP contribution in [0.15, 0.2) is 0 Å². The maximum Gasteiger partial charge on any atom is 0.223 e. The molecule has 0 aromatic heterocycles. The molecule has 116 valence electrons. The minimum atomic E-state index is 0.215. The molecule has 2 aliphatic carbocycles. The molecule has 0 aromatic carbocycles. The molecule has 4 atom stereocenters. The van der Waals surface area contributed by atoms with Gasteiger partial charge in [0, 0.05) is 12.0 Å². The Kier molecular flexibility index (Phi) is 5.88. The molecule has 3 nitrogen and oxygen atoms in total. The summed E-state index contributed by atoms with van der Waals surface area (Å²) in [5.41, 5.74) is 5.78. The van der Waals surface area contributed by atoms with Crippen molar-refractivity contribution in [3.63, 3.8) is 0 Å². The Morgan fingerprint density at radius 1 is 1.15 bits per heavy atom. The fraction of sp³-hybridized carbons (Fsp3) is 0.941. The lowest BCUT2D eigenvalue weighted by atomic mass is 9.77. The van der Waals surface area contributed by atoms with Crippen LogP contribution < -0.4 is 11.1 Å². The predicted molar refractivity (Wildman–Crippen MR) is 83.2 cm³/mol. The average Bonchev–Trinajstić information content (AvgIpc) is 2.47. The first-order chi connectivity index (χ1) is 9.61. The van der Waals surface area contributed by atoms with E-state index < -0.39 is 0 Å². The second-order valence-corrected chi connectivity index (χ2v) is 7.27. The van der Waals surface area contributed by atoms with E-state index in [1.807, 2.05) is 0 Å². The molecule has 2 saturated carbocycles. The number of nitrogens with two attached hydrogens (primary N) is 1. The number of hydrogen-bond donors (Lipinski definition) is 2. The zero-order valence-corrected chi connectivity index (χ0v) is 13.2. The summed E-state index contributed by atoms with van der Waals surface area (Å²) >= 11 is 0. The van der Waals surface area contributed by atoms with Crippen molar-refractivity contribution < 1.29 is 4.79 Å². The predicted octanol–water partition coefficient (Wildman–Crippen LogP) is 3.08. The maximum atomic E-state index is 12.5. The molecule has 0 radical (unpaired) electrons. The van der Waals surface area contributed by atoms with Crippen LogP contribution in [-0.2, 0) is 4.79 Å². The van der Waals surface area contributed by atoms with Gasteiger partial charge < -0.3 is 11.1 Å². The molecule has 0 bridgehead atoms. The lowest BCUT2D eigenvalue weighted by Gasteiger charge is -2.36. The van der Waals surface area contributed by atoms with Gasteiger partial charge >= 0.3 is 0 Å². The summed E-state index contributed by atoms with van der Waals surface area (Å²) in [7, 11) is 0. The zero-order chi connectivity index (χ0) is 14.5. The molecule has 0 aromatic rings. The SMILES string of the molecule is CC(C)C1CCCCC1NC(=O)C1CCCC(CN)C1. The second-order valence-electron chi connectivity index (χ2n) is 7.27. The van der Waals surface area contributed by atoms with Crippen molar-refractivity contribution in [3.05, 3.63) is 0 Å². The van der Waals surface area contributed by atoms with E-state index in [-0.39, 0.29) is 5.92 Å². The first-order valence-corrected chi connectivity index (χ1v) is 8.62. The summed E-state index contributed by atoms with van der Waals surface area (Å²) < 4.78 is 0. The minimum absolute atomic E-state index is 0.215. The van der Waals surface area contributed by atoms with Crippen molar-refractivity contribution in [2.24, 2.45) is 29.4 Å². The molecule has 2 rings (SSSR count). The number of carbonyl (C=O) groups is 1. The number of hydrogen-bond acceptors (Lipinski definition) is 2. The highest BCUT2D eigenvalue weighted by Crippen LogP contribution is 2.32. The van der Waals surface area contributed by atoms with E-state index in [9.17, 15) is 4.79 Å². The van der Waals surface area contributed by atoms with Crippen molar-refractivity contribution in [2.75, 3.05) is 6.54 Å². The number of amides is 1. The molecule has 20 heavy (non-hydrogen) atoms. The maximum absolute atomic E-state index is 12.5. The summed E-state index contributed by atoms with van der Waals surface area (Å²) in [5.74, 6) is 2.42. The number of carbonyl (C=O) groups excluding carboxylic acids is 1. The number of rotatable bonds is 4. The summed E-state index contributed by atoms with van der Waals surface area (Å²) in [6.45, 7) is 5.32. The zero-order valence-electron chi connectivity index (χ0n) is 13.2. The molecule has 1 amide bonds. The molecular formula is C17H32N2O. The Morgan fingerprint density at radius 3 is 2.60 bits per heavy atom. The topological polar surface area (TPSA) is 55.1 Å². The smallest absolute Gasteiger partial charge is 0.223 e. The Balaban J connectivity index is 1.89. The quantitative estimate of drug-likeness (QED) is 0.831. The molecule has 0 aliphatic heterocycles. The normalized spacial score (nSPS) is 35.0. The van der Waals surface area contributed by atoms with Crippen molar-refractivity contribution >= 4 is 5.91 Å². The van der Waals surface area contributed by atoms with E-state index in [1.54, 1.807) is 0 Å². The van der Waals surface area contributed by atoms with E-state index in [0.717, 1.165) is 25.8 Å². The van der Waals surface area contributed by atoms with Gasteiger partial charge in [-0.2, -0.15) is 0 Å². The highest BCUT2D eigenvalue weighted by atomic mass is 16.1. The standard InChI is InChI=1S/C17H32N2O/c1-12(2)15-8-3-4-9-16(15)19-17(20)14-7-5-6-13(10-14)11-18/h12-16H,3-11,18H2,1-2H3,(H,19,20). The van der Waals surface area contributed by atoms with E-state index in [1.165, 1.54) is 32.1 Å². The Hall–Kier alpha value is -0.570. The lowest BCUT2D eigenvalue weighted by molar-refractivity contribution is -0.128. The van der Waals surface area contributed by atoms with E-state index in [0.29, 0.717) is 29.7 Å². The van der Waals surface area contributed by atoms with Crippen LogP contribution in [0.25, 0.3) is 0 Å². The van der Waals surface area contributed by atoms with Crippen LogP contribution in [0.2, 0.25) is 0 Å². The van der Waals surface area contributed by atoms with Gasteiger partial charge in [-0.15, -0.1) is 0 Å². The van der Waals surface area contributed by atoms with Gasteiger partial charge in [0.15, 0.2) is 0 Å². The first kappa shape index (κ1) is 15.8. The Labute approximate surface area is 124 Å². The third-order valence-electron chi connectivity index (χ3n) is 5.49. The van der Waals surface area contributed by atoms with Crippen molar-refractivity contribution in [1.82, 2.24) is 5.32 Å². The van der Waals surface area contributed by atoms with Gasteiger partial charge in [-0.25, -0.2) is 0 Å². The van der Waals surface area contributed by atoms with Gasteiger partial charge in [-0.05, 0) is 56.4 Å². The van der Waals surface area contributed by atoms with Crippen molar-refractivity contribution in [1.29, 1.82) is 0 Å². The summed E-state index contributed by atoms with van der Waals surface area (Å²) in [6, 6.07) is 0.412. The van der Waals surface area contributed by atoms with Crippen LogP contribution in [0, 0.1) is 23.7 Å². The largest absolute Gasteiger partial charge is 0.353 e. The molecule has 0 heterocycles. The van der Waals surface area contributed by atoms with E-state index in [2.05, 4.69) is 19.2 Å². The van der Waals surface area contributed by atoms with Crippen molar-refractivity contribution in [2.45, 2.75) is 71.3 Å². The summed E-state index contributed by atoms with van der Waals surface area (Å²) in [4.78, 5) is 12.5. The molecule has 4 unspecified atom stereocenters. The summed E-state index contributed by atoms with van der Waals surface area (Å²) in [5, 5.41) is 3.38.